The zero-order valence-corrected chi connectivity index (χ0v) is 12.1. The third kappa shape index (κ3) is 3.25. The van der Waals surface area contributed by atoms with Gasteiger partial charge in [0.2, 0.25) is 11.8 Å². The van der Waals surface area contributed by atoms with Crippen LogP contribution in [0.4, 0.5) is 0 Å². The molecule has 1 aliphatic heterocycles. The molecule has 0 aliphatic carbocycles. The van der Waals surface area contributed by atoms with E-state index >= 15 is 0 Å². The number of likely N-dealkylation sites (tertiary alicyclic amines) is 1. The van der Waals surface area contributed by atoms with Crippen molar-refractivity contribution in [1.29, 1.82) is 5.26 Å². The predicted octanol–water partition coefficient (Wildman–Crippen LogP) is 1.40. The molecular formula is C14H23N3O2. The number of carbonyl (C=O) groups is 2. The molecule has 0 saturated carbocycles. The number of nitriles is 1. The van der Waals surface area contributed by atoms with Gasteiger partial charge in [0.25, 0.3) is 0 Å². The molecule has 0 aromatic carbocycles. The summed E-state index contributed by atoms with van der Waals surface area (Å²) in [6.45, 7) is 5.31. The van der Waals surface area contributed by atoms with Crippen molar-refractivity contribution < 1.29 is 9.59 Å². The summed E-state index contributed by atoms with van der Waals surface area (Å²) in [5, 5.41) is 9.25. The first-order chi connectivity index (χ1) is 9.00. The van der Waals surface area contributed by atoms with Crippen molar-refractivity contribution >= 4 is 11.8 Å². The maximum absolute atomic E-state index is 12.3. The van der Waals surface area contributed by atoms with Crippen LogP contribution >= 0.6 is 0 Å². The van der Waals surface area contributed by atoms with Crippen LogP contribution in [0, 0.1) is 16.7 Å². The molecular weight excluding hydrogens is 242 g/mol. The van der Waals surface area contributed by atoms with E-state index in [1.807, 2.05) is 13.8 Å². The fourth-order valence-corrected chi connectivity index (χ4v) is 2.46. The lowest BCUT2D eigenvalue weighted by Gasteiger charge is -2.29. The molecule has 19 heavy (non-hydrogen) atoms. The SMILES string of the molecule is CCC(C#N)(CC)C(=O)N(C)CC(=O)N1CCCC1. The number of nitrogens with zero attached hydrogens (tertiary/aromatic N) is 3. The Morgan fingerprint density at radius 2 is 1.79 bits per heavy atom. The molecule has 0 aromatic heterocycles. The summed E-state index contributed by atoms with van der Waals surface area (Å²) in [4.78, 5) is 27.5. The van der Waals surface area contributed by atoms with Gasteiger partial charge in [0.1, 0.15) is 5.41 Å². The Morgan fingerprint density at radius 3 is 2.21 bits per heavy atom. The van der Waals surface area contributed by atoms with Crippen LogP contribution in [0.3, 0.4) is 0 Å². The van der Waals surface area contributed by atoms with Crippen LogP contribution in [0.25, 0.3) is 0 Å². The first kappa shape index (κ1) is 15.5. The molecule has 1 rings (SSSR count). The van der Waals surface area contributed by atoms with Gasteiger partial charge >= 0.3 is 0 Å². The maximum atomic E-state index is 12.3. The van der Waals surface area contributed by atoms with Gasteiger partial charge in [0.15, 0.2) is 0 Å². The van der Waals surface area contributed by atoms with Gasteiger partial charge < -0.3 is 9.80 Å². The third-order valence-electron chi connectivity index (χ3n) is 4.01. The Kier molecular flexibility index (Phi) is 5.34. The van der Waals surface area contributed by atoms with Crippen molar-refractivity contribution in [3.63, 3.8) is 0 Å². The molecule has 1 fully saturated rings. The van der Waals surface area contributed by atoms with Crippen LogP contribution < -0.4 is 0 Å². The van der Waals surface area contributed by atoms with Gasteiger partial charge in [-0.05, 0) is 25.7 Å². The molecule has 106 valence electrons. The lowest BCUT2D eigenvalue weighted by atomic mass is 9.82. The summed E-state index contributed by atoms with van der Waals surface area (Å²) in [6, 6.07) is 2.12. The standard InChI is InChI=1S/C14H23N3O2/c1-4-14(5-2,11-15)13(19)16(3)10-12(18)17-8-6-7-9-17/h4-10H2,1-3H3. The van der Waals surface area contributed by atoms with E-state index in [0.29, 0.717) is 12.8 Å². The molecule has 2 amide bonds. The topological polar surface area (TPSA) is 64.4 Å². The Morgan fingerprint density at radius 1 is 1.26 bits per heavy atom. The van der Waals surface area contributed by atoms with Crippen LogP contribution in [-0.4, -0.2) is 48.3 Å². The minimum Gasteiger partial charge on any atom is -0.341 e. The van der Waals surface area contributed by atoms with Gasteiger partial charge in [0, 0.05) is 20.1 Å². The Bertz CT molecular complexity index is 377. The molecule has 0 unspecified atom stereocenters. The molecule has 0 atom stereocenters. The molecule has 0 bridgehead atoms. The fraction of sp³-hybridized carbons (Fsp3) is 0.786. The van der Waals surface area contributed by atoms with Crippen LogP contribution in [0.2, 0.25) is 0 Å². The molecule has 0 N–H and O–H groups in total. The smallest absolute Gasteiger partial charge is 0.243 e. The number of rotatable bonds is 5. The molecule has 1 saturated heterocycles. The summed E-state index contributed by atoms with van der Waals surface area (Å²) in [5.41, 5.74) is -0.986. The van der Waals surface area contributed by atoms with Gasteiger partial charge in [-0.15, -0.1) is 0 Å². The van der Waals surface area contributed by atoms with Gasteiger partial charge in [-0.1, -0.05) is 13.8 Å². The Hall–Kier alpha value is -1.57. The second kappa shape index (κ2) is 6.55. The van der Waals surface area contributed by atoms with Gasteiger partial charge in [-0.3, -0.25) is 9.59 Å². The van der Waals surface area contributed by atoms with E-state index in [4.69, 9.17) is 0 Å². The van der Waals surface area contributed by atoms with Crippen LogP contribution in [0.15, 0.2) is 0 Å². The Labute approximate surface area is 115 Å². The van der Waals surface area contributed by atoms with Crippen LogP contribution in [-0.2, 0) is 9.59 Å². The fourth-order valence-electron chi connectivity index (χ4n) is 2.46. The van der Waals surface area contributed by atoms with Gasteiger partial charge in [0.05, 0.1) is 12.6 Å². The Balaban J connectivity index is 2.66. The number of hydrogen-bond donors (Lipinski definition) is 0. The monoisotopic (exact) mass is 265 g/mol. The molecule has 0 aromatic rings. The van der Waals surface area contributed by atoms with Crippen molar-refractivity contribution in [3.05, 3.63) is 0 Å². The summed E-state index contributed by atoms with van der Waals surface area (Å²) >= 11 is 0. The highest BCUT2D eigenvalue weighted by Crippen LogP contribution is 2.27. The summed E-state index contributed by atoms with van der Waals surface area (Å²) in [5.74, 6) is -0.264. The summed E-state index contributed by atoms with van der Waals surface area (Å²) in [6.07, 6.45) is 3.02. The zero-order chi connectivity index (χ0) is 14.5. The van der Waals surface area contributed by atoms with Crippen molar-refractivity contribution in [3.8, 4) is 6.07 Å². The lowest BCUT2D eigenvalue weighted by molar-refractivity contribution is -0.143. The third-order valence-corrected chi connectivity index (χ3v) is 4.01. The summed E-state index contributed by atoms with van der Waals surface area (Å²) < 4.78 is 0. The normalized spacial score (nSPS) is 15.2. The van der Waals surface area contributed by atoms with Crippen molar-refractivity contribution in [1.82, 2.24) is 9.80 Å². The lowest BCUT2D eigenvalue weighted by Crippen LogP contribution is -2.45. The zero-order valence-electron chi connectivity index (χ0n) is 12.1. The molecule has 5 nitrogen and oxygen atoms in total. The molecule has 5 heteroatoms. The van der Waals surface area contributed by atoms with E-state index in [-0.39, 0.29) is 18.4 Å². The quantitative estimate of drug-likeness (QED) is 0.754. The second-order valence-corrected chi connectivity index (χ2v) is 5.15. The largest absolute Gasteiger partial charge is 0.341 e. The summed E-state index contributed by atoms with van der Waals surface area (Å²) in [7, 11) is 1.60. The average Bonchev–Trinajstić information content (AvgIpc) is 2.95. The minimum atomic E-state index is -0.986. The number of likely N-dealkylation sites (N-methyl/N-ethyl adjacent to an activating group) is 1. The first-order valence-electron chi connectivity index (χ1n) is 6.95. The van der Waals surface area contributed by atoms with E-state index in [2.05, 4.69) is 6.07 Å². The minimum absolute atomic E-state index is 0.0209. The van der Waals surface area contributed by atoms with Crippen molar-refractivity contribution in [2.45, 2.75) is 39.5 Å². The number of amides is 2. The van der Waals surface area contributed by atoms with Crippen LogP contribution in [0.5, 0.6) is 0 Å². The van der Waals surface area contributed by atoms with Gasteiger partial charge in [-0.25, -0.2) is 0 Å². The average molecular weight is 265 g/mol. The molecule has 1 aliphatic rings. The van der Waals surface area contributed by atoms with Gasteiger partial charge in [-0.2, -0.15) is 5.26 Å². The highest BCUT2D eigenvalue weighted by atomic mass is 16.2. The van der Waals surface area contributed by atoms with Crippen molar-refractivity contribution in [2.75, 3.05) is 26.7 Å². The number of carbonyl (C=O) groups excluding carboxylic acids is 2. The van der Waals surface area contributed by atoms with E-state index in [9.17, 15) is 14.9 Å². The second-order valence-electron chi connectivity index (χ2n) is 5.15. The van der Waals surface area contributed by atoms with E-state index in [1.165, 1.54) is 4.90 Å². The molecule has 0 spiro atoms. The number of hydrogen-bond acceptors (Lipinski definition) is 3. The predicted molar refractivity (Wildman–Crippen MR) is 72.1 cm³/mol. The highest BCUT2D eigenvalue weighted by Gasteiger charge is 2.38. The van der Waals surface area contributed by atoms with Crippen LogP contribution in [0.1, 0.15) is 39.5 Å². The molecule has 0 radical (unpaired) electrons. The first-order valence-corrected chi connectivity index (χ1v) is 6.95. The van der Waals surface area contributed by atoms with E-state index < -0.39 is 5.41 Å². The van der Waals surface area contributed by atoms with E-state index in [0.717, 1.165) is 25.9 Å². The maximum Gasteiger partial charge on any atom is 0.243 e. The molecule has 1 heterocycles. The van der Waals surface area contributed by atoms with Crippen molar-refractivity contribution in [2.24, 2.45) is 5.41 Å². The highest BCUT2D eigenvalue weighted by molar-refractivity contribution is 5.89. The van der Waals surface area contributed by atoms with E-state index in [1.54, 1.807) is 11.9 Å².